The van der Waals surface area contributed by atoms with Gasteiger partial charge in [0.25, 0.3) is 0 Å². The number of aromatic nitrogens is 2. The Bertz CT molecular complexity index is 922. The minimum absolute atomic E-state index is 0.0155. The van der Waals surface area contributed by atoms with Crippen LogP contribution in [0.5, 0.6) is 0 Å². The molecule has 1 aromatic heterocycles. The van der Waals surface area contributed by atoms with Gasteiger partial charge in [-0.2, -0.15) is 0 Å². The van der Waals surface area contributed by atoms with Crippen LogP contribution in [0, 0.1) is 5.92 Å². The van der Waals surface area contributed by atoms with Gasteiger partial charge in [-0.15, -0.1) is 0 Å². The molecule has 0 bridgehead atoms. The van der Waals surface area contributed by atoms with Crippen molar-refractivity contribution in [2.75, 3.05) is 30.5 Å². The van der Waals surface area contributed by atoms with E-state index in [1.807, 2.05) is 0 Å². The maximum absolute atomic E-state index is 13.1. The van der Waals surface area contributed by atoms with Gasteiger partial charge in [-0.25, -0.2) is 9.97 Å². The number of nitrogens with zero attached hydrogens (tertiary/aromatic N) is 3. The molecule has 5 atom stereocenters. The smallest absolute Gasteiger partial charge is 0.318 e. The second-order valence-electron chi connectivity index (χ2n) is 8.01. The van der Waals surface area contributed by atoms with E-state index < -0.39 is 53.9 Å². The minimum Gasteiger partial charge on any atom is -0.468 e. The van der Waals surface area contributed by atoms with Gasteiger partial charge in [0.1, 0.15) is 47.8 Å². The molecular weight excluding hydrogens is 412 g/mol. The van der Waals surface area contributed by atoms with Crippen LogP contribution < -0.4 is 10.2 Å². The molecule has 12 nitrogen and oxygen atoms in total. The van der Waals surface area contributed by atoms with Gasteiger partial charge in [0, 0.05) is 13.5 Å². The summed E-state index contributed by atoms with van der Waals surface area (Å²) < 4.78 is 22.7. The van der Waals surface area contributed by atoms with E-state index in [0.717, 1.165) is 0 Å². The van der Waals surface area contributed by atoms with E-state index in [2.05, 4.69) is 15.3 Å². The molecule has 4 heterocycles. The number of hydrogen-bond donors (Lipinski definition) is 2. The summed E-state index contributed by atoms with van der Waals surface area (Å²) in [6.45, 7) is 4.38. The zero-order chi connectivity index (χ0) is 22.5. The predicted octanol–water partition coefficient (Wildman–Crippen LogP) is -0.536. The number of aliphatic hydroxyl groups is 1. The van der Waals surface area contributed by atoms with Crippen LogP contribution >= 0.6 is 0 Å². The zero-order valence-electron chi connectivity index (χ0n) is 17.5. The third-order valence-electron chi connectivity index (χ3n) is 5.43. The van der Waals surface area contributed by atoms with Crippen molar-refractivity contribution in [3.8, 4) is 0 Å². The Balaban J connectivity index is 1.79. The van der Waals surface area contributed by atoms with Gasteiger partial charge in [0.05, 0.1) is 13.7 Å². The minimum atomic E-state index is -1.19. The largest absolute Gasteiger partial charge is 0.468 e. The SMILES string of the molecule is COC(=O)C1CN(C2O[C@H](CO)[C@H]3OC(C)(C)OC23)c2ncnc(NC(C)=O)c2C1=O. The van der Waals surface area contributed by atoms with Crippen LogP contribution in [0.4, 0.5) is 11.6 Å². The molecule has 0 radical (unpaired) electrons. The first-order valence-electron chi connectivity index (χ1n) is 9.80. The van der Waals surface area contributed by atoms with Crippen molar-refractivity contribution < 1.29 is 38.4 Å². The molecule has 2 fully saturated rings. The topological polar surface area (TPSA) is 149 Å². The number of ether oxygens (including phenoxy) is 4. The number of nitrogens with one attached hydrogen (secondary N) is 1. The lowest BCUT2D eigenvalue weighted by atomic mass is 9.92. The number of methoxy groups -OCH3 is 1. The van der Waals surface area contributed by atoms with Gasteiger partial charge in [-0.05, 0) is 13.8 Å². The Morgan fingerprint density at radius 3 is 2.68 bits per heavy atom. The summed E-state index contributed by atoms with van der Waals surface area (Å²) in [5, 5.41) is 12.3. The number of anilines is 2. The molecule has 168 valence electrons. The molecule has 12 heteroatoms. The standard InChI is InChI=1S/C19H24N4O8/c1-8(25)22-15-11-12(26)9(18(27)28-4)5-23(16(11)21-7-20-15)17-14-13(10(6-24)29-17)30-19(2,3)31-14/h7,9-10,13-14,17,24H,5-6H2,1-4H3,(H,20,21,22,25)/t9?,10-,13-,14?,17?/m1/s1. The van der Waals surface area contributed by atoms with Gasteiger partial charge in [0.2, 0.25) is 5.91 Å². The third-order valence-corrected chi connectivity index (χ3v) is 5.43. The van der Waals surface area contributed by atoms with Crippen LogP contribution in [-0.2, 0) is 28.5 Å². The van der Waals surface area contributed by atoms with E-state index in [-0.39, 0.29) is 30.4 Å². The van der Waals surface area contributed by atoms with Crippen molar-refractivity contribution in [1.29, 1.82) is 0 Å². The van der Waals surface area contributed by atoms with Crippen LogP contribution in [0.3, 0.4) is 0 Å². The fourth-order valence-electron chi connectivity index (χ4n) is 4.23. The average molecular weight is 436 g/mol. The number of hydrogen-bond acceptors (Lipinski definition) is 11. The van der Waals surface area contributed by atoms with E-state index in [0.29, 0.717) is 0 Å². The van der Waals surface area contributed by atoms with Crippen LogP contribution in [0.2, 0.25) is 0 Å². The monoisotopic (exact) mass is 436 g/mol. The fraction of sp³-hybridized carbons (Fsp3) is 0.632. The van der Waals surface area contributed by atoms with Gasteiger partial charge in [-0.3, -0.25) is 14.4 Å². The van der Waals surface area contributed by atoms with E-state index in [9.17, 15) is 19.5 Å². The highest BCUT2D eigenvalue weighted by atomic mass is 16.8. The van der Waals surface area contributed by atoms with Crippen LogP contribution in [0.15, 0.2) is 6.33 Å². The van der Waals surface area contributed by atoms with Crippen molar-refractivity contribution >= 4 is 29.3 Å². The second-order valence-corrected chi connectivity index (χ2v) is 8.01. The normalized spacial score (nSPS) is 31.2. The lowest BCUT2D eigenvalue weighted by Gasteiger charge is -2.38. The Morgan fingerprint density at radius 1 is 1.32 bits per heavy atom. The summed E-state index contributed by atoms with van der Waals surface area (Å²) >= 11 is 0. The van der Waals surface area contributed by atoms with Crippen molar-refractivity contribution in [3.05, 3.63) is 11.9 Å². The Labute approximate surface area is 177 Å². The zero-order valence-corrected chi connectivity index (χ0v) is 17.5. The molecule has 1 amide bonds. The molecule has 4 rings (SSSR count). The predicted molar refractivity (Wildman–Crippen MR) is 103 cm³/mol. The Hall–Kier alpha value is -2.67. The lowest BCUT2D eigenvalue weighted by Crippen LogP contribution is -2.52. The Kier molecular flexibility index (Phi) is 5.41. The maximum atomic E-state index is 13.1. The average Bonchev–Trinajstić information content (AvgIpc) is 3.20. The van der Waals surface area contributed by atoms with Gasteiger partial charge < -0.3 is 34.3 Å². The van der Waals surface area contributed by atoms with Crippen LogP contribution in [0.25, 0.3) is 0 Å². The highest BCUT2D eigenvalue weighted by molar-refractivity contribution is 6.16. The number of ketones is 1. The third kappa shape index (κ3) is 3.65. The van der Waals surface area contributed by atoms with Crippen molar-refractivity contribution in [3.63, 3.8) is 0 Å². The summed E-state index contributed by atoms with van der Waals surface area (Å²) in [5.41, 5.74) is -0.0230. The molecule has 0 aliphatic carbocycles. The first kappa shape index (κ1) is 21.6. The van der Waals surface area contributed by atoms with Crippen molar-refractivity contribution in [2.24, 2.45) is 5.92 Å². The lowest BCUT2D eigenvalue weighted by molar-refractivity contribution is -0.190. The van der Waals surface area contributed by atoms with E-state index >= 15 is 0 Å². The molecule has 3 aliphatic rings. The van der Waals surface area contributed by atoms with Crippen molar-refractivity contribution in [1.82, 2.24) is 9.97 Å². The van der Waals surface area contributed by atoms with Gasteiger partial charge in [-0.1, -0.05) is 0 Å². The molecule has 1 aromatic rings. The number of rotatable bonds is 4. The quantitative estimate of drug-likeness (QED) is 0.463. The van der Waals surface area contributed by atoms with E-state index in [1.54, 1.807) is 18.7 Å². The number of Topliss-reactive ketones (excluding diaryl/α,β-unsaturated/α-hetero) is 1. The molecule has 0 aromatic carbocycles. The molecule has 0 saturated carbocycles. The maximum Gasteiger partial charge on any atom is 0.318 e. The van der Waals surface area contributed by atoms with Gasteiger partial charge >= 0.3 is 5.97 Å². The number of carbonyl (C=O) groups is 3. The van der Waals surface area contributed by atoms with Crippen LogP contribution in [0.1, 0.15) is 31.1 Å². The molecule has 3 unspecified atom stereocenters. The first-order valence-corrected chi connectivity index (χ1v) is 9.80. The number of fused-ring (bicyclic) bond motifs is 2. The molecule has 31 heavy (non-hydrogen) atoms. The summed E-state index contributed by atoms with van der Waals surface area (Å²) in [6.07, 6.45) is -1.46. The molecule has 2 N–H and O–H groups in total. The number of amides is 1. The van der Waals surface area contributed by atoms with Gasteiger partial charge in [0.15, 0.2) is 17.8 Å². The molecule has 2 saturated heterocycles. The first-order chi connectivity index (χ1) is 14.7. The highest BCUT2D eigenvalue weighted by Gasteiger charge is 2.58. The Morgan fingerprint density at radius 2 is 2.03 bits per heavy atom. The molecular formula is C19H24N4O8. The molecule has 0 spiro atoms. The highest BCUT2D eigenvalue weighted by Crippen LogP contribution is 2.43. The summed E-state index contributed by atoms with van der Waals surface area (Å²) in [6, 6.07) is 0. The number of esters is 1. The second kappa shape index (κ2) is 7.79. The fourth-order valence-corrected chi connectivity index (χ4v) is 4.23. The van der Waals surface area contributed by atoms with E-state index in [4.69, 9.17) is 18.9 Å². The number of aliphatic hydroxyl groups excluding tert-OH is 1. The van der Waals surface area contributed by atoms with Crippen molar-refractivity contribution in [2.45, 2.75) is 51.1 Å². The molecule has 3 aliphatic heterocycles. The summed E-state index contributed by atoms with van der Waals surface area (Å²) in [5.74, 6) is -3.68. The summed E-state index contributed by atoms with van der Waals surface area (Å²) in [4.78, 5) is 47.0. The van der Waals surface area contributed by atoms with Crippen LogP contribution in [-0.4, -0.2) is 83.3 Å². The summed E-state index contributed by atoms with van der Waals surface area (Å²) in [7, 11) is 1.19. The number of carbonyl (C=O) groups excluding carboxylic acids is 3. The van der Waals surface area contributed by atoms with E-state index in [1.165, 1.54) is 20.4 Å².